The molecule has 6 nitrogen and oxygen atoms in total. The van der Waals surface area contributed by atoms with Gasteiger partial charge < -0.3 is 15.0 Å². The number of hydrogen-bond donors (Lipinski definition) is 1. The van der Waals surface area contributed by atoms with Crippen LogP contribution in [0.5, 0.6) is 0 Å². The van der Waals surface area contributed by atoms with Gasteiger partial charge in [-0.3, -0.25) is 14.2 Å². The molecule has 0 spiro atoms. The molecule has 33 heavy (non-hydrogen) atoms. The van der Waals surface area contributed by atoms with Crippen molar-refractivity contribution in [2.75, 3.05) is 44.9 Å². The zero-order chi connectivity index (χ0) is 24.1. The van der Waals surface area contributed by atoms with E-state index in [-0.39, 0.29) is 11.9 Å². The molecule has 1 aromatic rings. The summed E-state index contributed by atoms with van der Waals surface area (Å²) >= 11 is 0. The Hall–Kier alpha value is -2.06. The molecule has 2 fully saturated rings. The highest BCUT2D eigenvalue weighted by Crippen LogP contribution is 2.28. The predicted molar refractivity (Wildman–Crippen MR) is 137 cm³/mol. The molecule has 2 saturated heterocycles. The summed E-state index contributed by atoms with van der Waals surface area (Å²) in [6.45, 7) is 11.2. The molecule has 0 bridgehead atoms. The number of rotatable bonds is 6. The van der Waals surface area contributed by atoms with Crippen molar-refractivity contribution in [3.63, 3.8) is 0 Å². The van der Waals surface area contributed by atoms with E-state index in [1.807, 2.05) is 13.0 Å². The molecule has 0 aromatic heterocycles. The molecule has 0 amide bonds. The summed E-state index contributed by atoms with van der Waals surface area (Å²) in [5.41, 5.74) is 1.07. The SMILES string of the molecule is C=C.CCCS(=O)CC(=NC1CCOCC1)NC(=NC)N1CCC(c2cccc(F)c2)CC1. The van der Waals surface area contributed by atoms with Gasteiger partial charge in [0, 0.05) is 49.9 Å². The fourth-order valence-corrected chi connectivity index (χ4v) is 5.23. The molecular formula is C25H39FN4O2S. The number of halogens is 1. The van der Waals surface area contributed by atoms with Crippen LogP contribution in [0.3, 0.4) is 0 Å². The van der Waals surface area contributed by atoms with Crippen LogP contribution in [0.4, 0.5) is 4.39 Å². The van der Waals surface area contributed by atoms with E-state index < -0.39 is 10.8 Å². The molecular weight excluding hydrogens is 439 g/mol. The van der Waals surface area contributed by atoms with Gasteiger partial charge in [0.1, 0.15) is 11.7 Å². The molecule has 2 aliphatic rings. The molecule has 3 rings (SSSR count). The Labute approximate surface area is 200 Å². The van der Waals surface area contributed by atoms with E-state index in [2.05, 4.69) is 28.4 Å². The maximum absolute atomic E-state index is 13.6. The third kappa shape index (κ3) is 9.01. The highest BCUT2D eigenvalue weighted by molar-refractivity contribution is 7.85. The number of benzene rings is 1. The van der Waals surface area contributed by atoms with E-state index in [1.54, 1.807) is 19.2 Å². The lowest BCUT2D eigenvalue weighted by Crippen LogP contribution is -2.48. The fourth-order valence-electron chi connectivity index (χ4n) is 4.18. The molecule has 184 valence electrons. The summed E-state index contributed by atoms with van der Waals surface area (Å²) < 4.78 is 31.5. The van der Waals surface area contributed by atoms with Crippen molar-refractivity contribution in [1.82, 2.24) is 10.2 Å². The number of piperidine rings is 1. The Morgan fingerprint density at radius 3 is 2.55 bits per heavy atom. The van der Waals surface area contributed by atoms with Crippen molar-refractivity contribution in [2.24, 2.45) is 9.98 Å². The Morgan fingerprint density at radius 1 is 1.24 bits per heavy atom. The quantitative estimate of drug-likeness (QED) is 0.380. The average molecular weight is 479 g/mol. The van der Waals surface area contributed by atoms with Crippen LogP contribution in [0, 0.1) is 5.82 Å². The van der Waals surface area contributed by atoms with Crippen LogP contribution in [-0.2, 0) is 15.5 Å². The molecule has 2 heterocycles. The second-order valence-electron chi connectivity index (χ2n) is 8.20. The van der Waals surface area contributed by atoms with Gasteiger partial charge in [-0.05, 0) is 55.7 Å². The Bertz CT molecular complexity index is 803. The van der Waals surface area contributed by atoms with E-state index in [1.165, 1.54) is 6.07 Å². The van der Waals surface area contributed by atoms with Crippen LogP contribution >= 0.6 is 0 Å². The maximum Gasteiger partial charge on any atom is 0.199 e. The normalized spacial score (nSPS) is 19.5. The second-order valence-corrected chi connectivity index (χ2v) is 9.77. The van der Waals surface area contributed by atoms with Crippen LogP contribution in [0.2, 0.25) is 0 Å². The third-order valence-electron chi connectivity index (χ3n) is 5.84. The number of nitrogens with zero attached hydrogens (tertiary/aromatic N) is 3. The summed E-state index contributed by atoms with van der Waals surface area (Å²) in [6.07, 6.45) is 4.56. The van der Waals surface area contributed by atoms with Crippen molar-refractivity contribution in [3.05, 3.63) is 48.8 Å². The smallest absolute Gasteiger partial charge is 0.199 e. The van der Waals surface area contributed by atoms with Gasteiger partial charge in [0.2, 0.25) is 0 Å². The first-order valence-corrected chi connectivity index (χ1v) is 13.3. The molecule has 2 aliphatic heterocycles. The Balaban J connectivity index is 0.00000187. The van der Waals surface area contributed by atoms with Crippen molar-refractivity contribution >= 4 is 22.6 Å². The Kier molecular flexibility index (Phi) is 12.3. The van der Waals surface area contributed by atoms with E-state index in [0.717, 1.165) is 75.8 Å². The standard InChI is InChI=1S/C23H35FN4O2S.C2H4/c1-3-15-31(29)17-22(26-21-9-13-30-14-10-21)27-23(25-2)28-11-7-18(8-12-28)19-5-4-6-20(24)16-19;1-2/h4-6,16,18,21H,3,7-15,17H2,1-2H3,(H,25,26,27);1-2H2. The monoisotopic (exact) mass is 478 g/mol. The first-order valence-electron chi connectivity index (χ1n) is 11.8. The number of aliphatic imine (C=N–C) groups is 2. The van der Waals surface area contributed by atoms with Crippen molar-refractivity contribution < 1.29 is 13.3 Å². The van der Waals surface area contributed by atoms with Gasteiger partial charge in [-0.2, -0.15) is 0 Å². The fraction of sp³-hybridized carbons (Fsp3) is 0.600. The van der Waals surface area contributed by atoms with Crippen molar-refractivity contribution in [3.8, 4) is 0 Å². The lowest BCUT2D eigenvalue weighted by Gasteiger charge is -2.34. The van der Waals surface area contributed by atoms with Crippen molar-refractivity contribution in [1.29, 1.82) is 0 Å². The van der Waals surface area contributed by atoms with Crippen LogP contribution in [0.1, 0.15) is 50.5 Å². The molecule has 0 radical (unpaired) electrons. The number of hydrogen-bond acceptors (Lipinski definition) is 4. The molecule has 0 aliphatic carbocycles. The molecule has 1 aromatic carbocycles. The molecule has 0 saturated carbocycles. The first-order chi connectivity index (χ1) is 16.1. The third-order valence-corrected chi connectivity index (χ3v) is 7.30. The zero-order valence-corrected chi connectivity index (χ0v) is 20.9. The lowest BCUT2D eigenvalue weighted by molar-refractivity contribution is 0.0870. The molecule has 1 atom stereocenters. The van der Waals surface area contributed by atoms with E-state index in [4.69, 9.17) is 9.73 Å². The largest absolute Gasteiger partial charge is 0.381 e. The number of amidine groups is 1. The minimum absolute atomic E-state index is 0.175. The summed E-state index contributed by atoms with van der Waals surface area (Å²) in [4.78, 5) is 11.6. The van der Waals surface area contributed by atoms with Gasteiger partial charge in [0.25, 0.3) is 0 Å². The summed E-state index contributed by atoms with van der Waals surface area (Å²) in [5.74, 6) is 2.81. The molecule has 1 unspecified atom stereocenters. The highest BCUT2D eigenvalue weighted by atomic mass is 32.2. The van der Waals surface area contributed by atoms with E-state index in [0.29, 0.717) is 17.4 Å². The topological polar surface area (TPSA) is 66.3 Å². The minimum atomic E-state index is -0.944. The number of guanidine groups is 1. The molecule has 8 heteroatoms. The summed E-state index contributed by atoms with van der Waals surface area (Å²) in [7, 11) is 0.830. The second kappa shape index (κ2) is 15.0. The van der Waals surface area contributed by atoms with Crippen LogP contribution in [-0.4, -0.2) is 71.8 Å². The highest BCUT2D eigenvalue weighted by Gasteiger charge is 2.24. The van der Waals surface area contributed by atoms with Gasteiger partial charge >= 0.3 is 0 Å². The van der Waals surface area contributed by atoms with Gasteiger partial charge in [-0.15, -0.1) is 13.2 Å². The van der Waals surface area contributed by atoms with Gasteiger partial charge in [0.15, 0.2) is 5.96 Å². The van der Waals surface area contributed by atoms with Crippen LogP contribution in [0.25, 0.3) is 0 Å². The van der Waals surface area contributed by atoms with Gasteiger partial charge in [-0.25, -0.2) is 4.39 Å². The first kappa shape index (κ1) is 27.2. The molecule has 1 N–H and O–H groups in total. The maximum atomic E-state index is 13.6. The van der Waals surface area contributed by atoms with E-state index in [9.17, 15) is 8.60 Å². The summed E-state index contributed by atoms with van der Waals surface area (Å²) in [5, 5.41) is 3.41. The zero-order valence-electron chi connectivity index (χ0n) is 20.1. The number of ether oxygens (including phenoxy) is 1. The minimum Gasteiger partial charge on any atom is -0.381 e. The number of nitrogens with one attached hydrogen (secondary N) is 1. The van der Waals surface area contributed by atoms with Crippen LogP contribution in [0.15, 0.2) is 47.4 Å². The summed E-state index contributed by atoms with van der Waals surface area (Å²) in [6, 6.07) is 7.14. The Morgan fingerprint density at radius 2 is 1.94 bits per heavy atom. The van der Waals surface area contributed by atoms with E-state index >= 15 is 0 Å². The van der Waals surface area contributed by atoms with Gasteiger partial charge in [0.05, 0.1) is 11.8 Å². The predicted octanol–water partition coefficient (Wildman–Crippen LogP) is 4.12. The lowest BCUT2D eigenvalue weighted by atomic mass is 9.89. The van der Waals surface area contributed by atoms with Crippen molar-refractivity contribution in [2.45, 2.75) is 51.0 Å². The number of likely N-dealkylation sites (tertiary alicyclic amines) is 1. The van der Waals surface area contributed by atoms with Crippen LogP contribution < -0.4 is 5.32 Å². The average Bonchev–Trinajstić information content (AvgIpc) is 2.84. The van der Waals surface area contributed by atoms with Gasteiger partial charge in [-0.1, -0.05) is 19.1 Å².